The number of hydrogen-bond acceptors (Lipinski definition) is 4. The van der Waals surface area contributed by atoms with Gasteiger partial charge in [-0.2, -0.15) is 5.10 Å². The molecule has 6 nitrogen and oxygen atoms in total. The average molecular weight is 349 g/mol. The molecule has 2 heterocycles. The second-order valence-corrected chi connectivity index (χ2v) is 6.21. The molecule has 0 saturated heterocycles. The van der Waals surface area contributed by atoms with Crippen LogP contribution in [0.25, 0.3) is 0 Å². The highest BCUT2D eigenvalue weighted by Gasteiger charge is 2.09. The maximum absolute atomic E-state index is 12.0. The van der Waals surface area contributed by atoms with Crippen molar-refractivity contribution in [1.29, 1.82) is 0 Å². The Morgan fingerprint density at radius 1 is 1.19 bits per heavy atom. The molecule has 0 radical (unpaired) electrons. The molecule has 0 spiro atoms. The van der Waals surface area contributed by atoms with Gasteiger partial charge in [-0.3, -0.25) is 0 Å². The first kappa shape index (κ1) is 17.7. The third-order valence-electron chi connectivity index (χ3n) is 3.92. The Morgan fingerprint density at radius 2 is 2.04 bits per heavy atom. The smallest absolute Gasteiger partial charge is 0.319 e. The van der Waals surface area contributed by atoms with Gasteiger partial charge in [-0.1, -0.05) is 24.3 Å². The van der Waals surface area contributed by atoms with Crippen LogP contribution in [0.2, 0.25) is 0 Å². The molecule has 1 aliphatic heterocycles. The first-order chi connectivity index (χ1) is 12.6. The summed E-state index contributed by atoms with van der Waals surface area (Å²) in [5.74, 6) is 0.815. The lowest BCUT2D eigenvalue weighted by atomic mass is 10.2. The maximum atomic E-state index is 12.0. The van der Waals surface area contributed by atoms with Gasteiger partial charge in [-0.25, -0.2) is 14.8 Å². The fourth-order valence-corrected chi connectivity index (χ4v) is 2.68. The molecular formula is C20H23N5O. The Bertz CT molecular complexity index is 844. The second kappa shape index (κ2) is 8.29. The molecule has 3 rings (SSSR count). The van der Waals surface area contributed by atoms with Gasteiger partial charge < -0.3 is 10.6 Å². The van der Waals surface area contributed by atoms with Gasteiger partial charge in [0.1, 0.15) is 5.82 Å². The largest absolute Gasteiger partial charge is 0.337 e. The zero-order valence-electron chi connectivity index (χ0n) is 15.1. The van der Waals surface area contributed by atoms with E-state index in [0.717, 1.165) is 28.5 Å². The third kappa shape index (κ3) is 4.92. The van der Waals surface area contributed by atoms with E-state index in [1.165, 1.54) is 0 Å². The molecule has 134 valence electrons. The number of carbonyl (C=O) groups excluding carboxylic acids is 1. The molecule has 2 amide bonds. The van der Waals surface area contributed by atoms with Gasteiger partial charge >= 0.3 is 6.03 Å². The summed E-state index contributed by atoms with van der Waals surface area (Å²) in [5, 5.41) is 12.0. The Kier molecular flexibility index (Phi) is 5.63. The Labute approximate surface area is 153 Å². The number of benzene rings is 1. The average Bonchev–Trinajstić information content (AvgIpc) is 2.62. The van der Waals surface area contributed by atoms with Crippen molar-refractivity contribution < 1.29 is 4.79 Å². The highest BCUT2D eigenvalue weighted by molar-refractivity contribution is 5.94. The Hall–Kier alpha value is -3.15. The van der Waals surface area contributed by atoms with E-state index in [1.54, 1.807) is 0 Å². The lowest BCUT2D eigenvalue weighted by molar-refractivity contribution is 0.252. The minimum absolute atomic E-state index is 0.215. The highest BCUT2D eigenvalue weighted by atomic mass is 16.2. The molecule has 1 aromatic carbocycles. The molecular weight excluding hydrogens is 326 g/mol. The van der Waals surface area contributed by atoms with E-state index >= 15 is 0 Å². The predicted molar refractivity (Wildman–Crippen MR) is 106 cm³/mol. The van der Waals surface area contributed by atoms with Gasteiger partial charge in [-0.15, -0.1) is 0 Å². The van der Waals surface area contributed by atoms with Crippen molar-refractivity contribution in [3.05, 3.63) is 65.9 Å². The monoisotopic (exact) mass is 349 g/mol. The fourth-order valence-electron chi connectivity index (χ4n) is 2.68. The van der Waals surface area contributed by atoms with Gasteiger partial charge in [0.25, 0.3) is 0 Å². The zero-order valence-corrected chi connectivity index (χ0v) is 15.1. The molecule has 0 saturated carbocycles. The van der Waals surface area contributed by atoms with E-state index in [1.807, 2.05) is 67.4 Å². The van der Waals surface area contributed by atoms with Crippen molar-refractivity contribution in [3.8, 4) is 0 Å². The molecule has 1 aromatic heterocycles. The molecule has 0 bridgehead atoms. The number of hydrazone groups is 1. The third-order valence-corrected chi connectivity index (χ3v) is 3.92. The van der Waals surface area contributed by atoms with Crippen molar-refractivity contribution in [2.75, 3.05) is 23.4 Å². The van der Waals surface area contributed by atoms with Crippen LogP contribution in [0.5, 0.6) is 0 Å². The van der Waals surface area contributed by atoms with Gasteiger partial charge in [0.2, 0.25) is 0 Å². The number of nitrogens with zero attached hydrogens (tertiary/aromatic N) is 3. The summed E-state index contributed by atoms with van der Waals surface area (Å²) in [6, 6.07) is 13.4. The topological polar surface area (TPSA) is 69.6 Å². The number of anilines is 2. The van der Waals surface area contributed by atoms with Gasteiger partial charge in [0.05, 0.1) is 12.3 Å². The van der Waals surface area contributed by atoms with Crippen LogP contribution in [0.15, 0.2) is 59.7 Å². The van der Waals surface area contributed by atoms with Crippen LogP contribution < -0.4 is 15.6 Å². The molecule has 0 aliphatic carbocycles. The minimum Gasteiger partial charge on any atom is -0.337 e. The van der Waals surface area contributed by atoms with Crippen LogP contribution in [0.1, 0.15) is 18.2 Å². The number of aryl methyl sites for hydroxylation is 1. The number of urea groups is 1. The summed E-state index contributed by atoms with van der Waals surface area (Å²) in [5.41, 5.74) is 3.77. The molecule has 0 atom stereocenters. The standard InChI is InChI=1S/C20H23N5O/c1-15-6-3-9-18(14-15)23-20(26)21-12-11-17-8-4-10-19(22-17)25-13-5-7-16(2)24-25/h3-10,14H,11-13H2,1-2H3,(H2,21,23,26). The maximum Gasteiger partial charge on any atom is 0.319 e. The number of rotatable bonds is 5. The first-order valence-electron chi connectivity index (χ1n) is 8.67. The summed E-state index contributed by atoms with van der Waals surface area (Å²) in [6.07, 6.45) is 4.71. The van der Waals surface area contributed by atoms with E-state index in [2.05, 4.69) is 26.8 Å². The first-order valence-corrected chi connectivity index (χ1v) is 8.67. The highest BCUT2D eigenvalue weighted by Crippen LogP contribution is 2.14. The molecule has 6 heteroatoms. The minimum atomic E-state index is -0.215. The van der Waals surface area contributed by atoms with E-state index in [0.29, 0.717) is 19.5 Å². The number of amides is 2. The lowest BCUT2D eigenvalue weighted by Crippen LogP contribution is -2.30. The van der Waals surface area contributed by atoms with Crippen LogP contribution in [0.3, 0.4) is 0 Å². The second-order valence-electron chi connectivity index (χ2n) is 6.21. The summed E-state index contributed by atoms with van der Waals surface area (Å²) < 4.78 is 0. The number of aromatic nitrogens is 1. The normalized spacial score (nSPS) is 13.3. The van der Waals surface area contributed by atoms with Gasteiger partial charge in [-0.05, 0) is 49.8 Å². The molecule has 2 N–H and O–H groups in total. The van der Waals surface area contributed by atoms with Gasteiger partial charge in [0, 0.05) is 24.3 Å². The van der Waals surface area contributed by atoms with Crippen molar-refractivity contribution in [3.63, 3.8) is 0 Å². The summed E-state index contributed by atoms with van der Waals surface area (Å²) in [6.45, 7) is 5.18. The van der Waals surface area contributed by atoms with Crippen LogP contribution in [-0.4, -0.2) is 29.8 Å². The fraction of sp³-hybridized carbons (Fsp3) is 0.250. The Balaban J connectivity index is 1.51. The predicted octanol–water partition coefficient (Wildman–Crippen LogP) is 3.51. The van der Waals surface area contributed by atoms with Crippen molar-refractivity contribution in [1.82, 2.24) is 10.3 Å². The Morgan fingerprint density at radius 3 is 2.85 bits per heavy atom. The zero-order chi connectivity index (χ0) is 18.4. The van der Waals surface area contributed by atoms with Crippen molar-refractivity contribution in [2.45, 2.75) is 20.3 Å². The molecule has 26 heavy (non-hydrogen) atoms. The van der Waals surface area contributed by atoms with Gasteiger partial charge in [0.15, 0.2) is 0 Å². The van der Waals surface area contributed by atoms with Crippen LogP contribution >= 0.6 is 0 Å². The number of allylic oxidation sites excluding steroid dienone is 1. The van der Waals surface area contributed by atoms with Crippen LogP contribution in [-0.2, 0) is 6.42 Å². The molecule has 2 aromatic rings. The van der Waals surface area contributed by atoms with Crippen LogP contribution in [0.4, 0.5) is 16.3 Å². The summed E-state index contributed by atoms with van der Waals surface area (Å²) >= 11 is 0. The molecule has 0 fully saturated rings. The molecule has 0 unspecified atom stereocenters. The number of pyridine rings is 1. The van der Waals surface area contributed by atoms with E-state index in [9.17, 15) is 4.79 Å². The van der Waals surface area contributed by atoms with Crippen molar-refractivity contribution >= 4 is 23.2 Å². The molecule has 1 aliphatic rings. The SMILES string of the molecule is CC1=NN(c2cccc(CCNC(=O)Nc3cccc(C)c3)n2)CC=C1. The summed E-state index contributed by atoms with van der Waals surface area (Å²) in [4.78, 5) is 16.6. The lowest BCUT2D eigenvalue weighted by Gasteiger charge is -2.20. The van der Waals surface area contributed by atoms with E-state index in [-0.39, 0.29) is 6.03 Å². The van der Waals surface area contributed by atoms with Crippen molar-refractivity contribution in [2.24, 2.45) is 5.10 Å². The van der Waals surface area contributed by atoms with E-state index in [4.69, 9.17) is 0 Å². The number of carbonyl (C=O) groups is 1. The number of hydrogen-bond donors (Lipinski definition) is 2. The number of nitrogens with one attached hydrogen (secondary N) is 2. The quantitative estimate of drug-likeness (QED) is 0.868. The van der Waals surface area contributed by atoms with Crippen LogP contribution in [0, 0.1) is 6.92 Å². The van der Waals surface area contributed by atoms with E-state index < -0.39 is 0 Å². The summed E-state index contributed by atoms with van der Waals surface area (Å²) in [7, 11) is 0.